The van der Waals surface area contributed by atoms with Crippen molar-refractivity contribution in [3.05, 3.63) is 30.1 Å². The zero-order valence-corrected chi connectivity index (χ0v) is 15.8. The molecule has 2 saturated heterocycles. The molecule has 2 unspecified atom stereocenters. The zero-order valence-electron chi connectivity index (χ0n) is 15.8. The van der Waals surface area contributed by atoms with Gasteiger partial charge in [-0.1, -0.05) is 19.3 Å². The fraction of sp³-hybridized carbons (Fsp3) is 0.714. The van der Waals surface area contributed by atoms with Crippen LogP contribution in [0.2, 0.25) is 0 Å². The molecule has 0 amide bonds. The second kappa shape index (κ2) is 7.83. The predicted molar refractivity (Wildman–Crippen MR) is 101 cm³/mol. The summed E-state index contributed by atoms with van der Waals surface area (Å²) in [6, 6.07) is 6.82. The van der Waals surface area contributed by atoms with Gasteiger partial charge in [-0.3, -0.25) is 4.90 Å². The first-order valence-corrected chi connectivity index (χ1v) is 10.2. The molecule has 2 aliphatic heterocycles. The van der Waals surface area contributed by atoms with Gasteiger partial charge in [0.2, 0.25) is 0 Å². The minimum atomic E-state index is -0.174. The lowest BCUT2D eigenvalue weighted by Crippen LogP contribution is -2.57. The summed E-state index contributed by atoms with van der Waals surface area (Å²) in [6.45, 7) is 7.83. The number of halogens is 1. The van der Waals surface area contributed by atoms with Gasteiger partial charge in [0, 0.05) is 38.4 Å². The fourth-order valence-electron chi connectivity index (χ4n) is 4.75. The van der Waals surface area contributed by atoms with E-state index in [0.717, 1.165) is 57.9 Å². The molecule has 2 heterocycles. The highest BCUT2D eigenvalue weighted by molar-refractivity contribution is 5.46. The van der Waals surface area contributed by atoms with E-state index in [4.69, 9.17) is 9.47 Å². The summed E-state index contributed by atoms with van der Waals surface area (Å²) in [5, 5.41) is 0. The molecule has 144 valence electrons. The second-order valence-corrected chi connectivity index (χ2v) is 8.10. The van der Waals surface area contributed by atoms with Crippen molar-refractivity contribution >= 4 is 5.69 Å². The van der Waals surface area contributed by atoms with E-state index in [2.05, 4.69) is 16.7 Å². The number of rotatable bonds is 3. The molecule has 3 fully saturated rings. The summed E-state index contributed by atoms with van der Waals surface area (Å²) in [6.07, 6.45) is 6.54. The van der Waals surface area contributed by atoms with Crippen LogP contribution in [0.5, 0.6) is 0 Å². The van der Waals surface area contributed by atoms with Crippen molar-refractivity contribution in [2.24, 2.45) is 0 Å². The van der Waals surface area contributed by atoms with Gasteiger partial charge in [0.25, 0.3) is 0 Å². The molecule has 4 nitrogen and oxygen atoms in total. The van der Waals surface area contributed by atoms with Crippen molar-refractivity contribution in [3.8, 4) is 0 Å². The zero-order chi connectivity index (χ0) is 18.0. The van der Waals surface area contributed by atoms with E-state index in [1.165, 1.54) is 31.4 Å². The highest BCUT2D eigenvalue weighted by Crippen LogP contribution is 2.39. The van der Waals surface area contributed by atoms with Gasteiger partial charge in [-0.15, -0.1) is 0 Å². The van der Waals surface area contributed by atoms with Crippen molar-refractivity contribution in [2.45, 2.75) is 56.8 Å². The number of ether oxygens (including phenoxy) is 2. The lowest BCUT2D eigenvalue weighted by atomic mass is 9.80. The van der Waals surface area contributed by atoms with Crippen LogP contribution in [-0.4, -0.2) is 62.0 Å². The Morgan fingerprint density at radius 1 is 1.04 bits per heavy atom. The van der Waals surface area contributed by atoms with Gasteiger partial charge in [0.1, 0.15) is 5.82 Å². The van der Waals surface area contributed by atoms with Crippen molar-refractivity contribution < 1.29 is 13.9 Å². The van der Waals surface area contributed by atoms with Crippen LogP contribution in [0.25, 0.3) is 0 Å². The molecular formula is C21H31FN2O2. The smallest absolute Gasteiger partial charge is 0.123 e. The summed E-state index contributed by atoms with van der Waals surface area (Å²) >= 11 is 0. The van der Waals surface area contributed by atoms with Gasteiger partial charge in [0.15, 0.2) is 0 Å². The van der Waals surface area contributed by atoms with Gasteiger partial charge in [-0.2, -0.15) is 0 Å². The van der Waals surface area contributed by atoms with Crippen LogP contribution in [0.3, 0.4) is 0 Å². The van der Waals surface area contributed by atoms with Gasteiger partial charge in [-0.25, -0.2) is 4.39 Å². The van der Waals surface area contributed by atoms with E-state index in [0.29, 0.717) is 0 Å². The topological polar surface area (TPSA) is 24.9 Å². The Labute approximate surface area is 156 Å². The minimum Gasteiger partial charge on any atom is -0.370 e. The highest BCUT2D eigenvalue weighted by atomic mass is 19.1. The molecule has 0 N–H and O–H groups in total. The van der Waals surface area contributed by atoms with Crippen molar-refractivity contribution in [2.75, 3.05) is 44.2 Å². The Hall–Kier alpha value is -1.17. The standard InChI is InChI=1S/C21H31FN2O2/c1-17-21(9-3-2-4-10-21)25-16-20(26-17)15-23-11-13-24(14-12-23)19-7-5-18(22)6-8-19/h5-8,17,20H,2-4,9-16H2,1H3. The van der Waals surface area contributed by atoms with Crippen LogP contribution in [0.1, 0.15) is 39.0 Å². The molecule has 1 aromatic carbocycles. The number of hydrogen-bond donors (Lipinski definition) is 0. The largest absolute Gasteiger partial charge is 0.370 e. The maximum absolute atomic E-state index is 13.1. The molecule has 5 heteroatoms. The number of anilines is 1. The third kappa shape index (κ3) is 3.90. The predicted octanol–water partition coefficient (Wildman–Crippen LogP) is 3.45. The van der Waals surface area contributed by atoms with Crippen LogP contribution in [0.15, 0.2) is 24.3 Å². The molecule has 1 spiro atoms. The van der Waals surface area contributed by atoms with Gasteiger partial charge in [-0.05, 0) is 44.0 Å². The Kier molecular flexibility index (Phi) is 5.48. The molecule has 26 heavy (non-hydrogen) atoms. The lowest BCUT2D eigenvalue weighted by molar-refractivity contribution is -0.241. The van der Waals surface area contributed by atoms with Crippen LogP contribution in [0, 0.1) is 5.82 Å². The quantitative estimate of drug-likeness (QED) is 0.822. The monoisotopic (exact) mass is 362 g/mol. The minimum absolute atomic E-state index is 0.0178. The Morgan fingerprint density at radius 3 is 2.38 bits per heavy atom. The Morgan fingerprint density at radius 2 is 1.73 bits per heavy atom. The average molecular weight is 362 g/mol. The van der Waals surface area contributed by atoms with Gasteiger partial charge in [0.05, 0.1) is 24.4 Å². The van der Waals surface area contributed by atoms with Gasteiger partial charge >= 0.3 is 0 Å². The summed E-state index contributed by atoms with van der Waals surface area (Å²) in [7, 11) is 0. The molecule has 1 saturated carbocycles. The first kappa shape index (κ1) is 18.2. The Bertz CT molecular complexity index is 580. The summed E-state index contributed by atoms with van der Waals surface area (Å²) in [5.41, 5.74) is 1.09. The SMILES string of the molecule is CC1OC(CN2CCN(c3ccc(F)cc3)CC2)COC12CCCCC2. The highest BCUT2D eigenvalue weighted by Gasteiger charge is 2.44. The van der Waals surface area contributed by atoms with Crippen LogP contribution in [0.4, 0.5) is 10.1 Å². The van der Waals surface area contributed by atoms with Crippen molar-refractivity contribution in [1.29, 1.82) is 0 Å². The average Bonchev–Trinajstić information content (AvgIpc) is 2.67. The van der Waals surface area contributed by atoms with E-state index in [9.17, 15) is 4.39 Å². The number of benzene rings is 1. The molecule has 3 aliphatic rings. The van der Waals surface area contributed by atoms with E-state index in [-0.39, 0.29) is 23.6 Å². The number of hydrogen-bond acceptors (Lipinski definition) is 4. The summed E-state index contributed by atoms with van der Waals surface area (Å²) in [4.78, 5) is 4.80. The normalized spacial score (nSPS) is 29.8. The fourth-order valence-corrected chi connectivity index (χ4v) is 4.75. The van der Waals surface area contributed by atoms with E-state index >= 15 is 0 Å². The number of nitrogens with zero attached hydrogens (tertiary/aromatic N) is 2. The second-order valence-electron chi connectivity index (χ2n) is 8.10. The maximum Gasteiger partial charge on any atom is 0.123 e. The van der Waals surface area contributed by atoms with Crippen molar-refractivity contribution in [3.63, 3.8) is 0 Å². The molecule has 4 rings (SSSR count). The molecule has 0 aromatic heterocycles. The van der Waals surface area contributed by atoms with E-state index in [1.807, 2.05) is 12.1 Å². The molecule has 1 aromatic rings. The van der Waals surface area contributed by atoms with Gasteiger partial charge < -0.3 is 14.4 Å². The summed E-state index contributed by atoms with van der Waals surface area (Å²) in [5.74, 6) is -0.174. The number of piperazine rings is 1. The van der Waals surface area contributed by atoms with E-state index < -0.39 is 0 Å². The molecule has 0 radical (unpaired) electrons. The maximum atomic E-state index is 13.1. The first-order valence-electron chi connectivity index (χ1n) is 10.2. The molecule has 0 bridgehead atoms. The first-order chi connectivity index (χ1) is 12.6. The molecule has 1 aliphatic carbocycles. The van der Waals surface area contributed by atoms with Crippen LogP contribution >= 0.6 is 0 Å². The molecule has 2 atom stereocenters. The Balaban J connectivity index is 1.25. The lowest BCUT2D eigenvalue weighted by Gasteiger charge is -2.48. The summed E-state index contributed by atoms with van der Waals surface area (Å²) < 4.78 is 25.8. The van der Waals surface area contributed by atoms with E-state index in [1.54, 1.807) is 0 Å². The third-order valence-corrected chi connectivity index (χ3v) is 6.42. The van der Waals surface area contributed by atoms with Crippen LogP contribution < -0.4 is 4.90 Å². The third-order valence-electron chi connectivity index (χ3n) is 6.42. The van der Waals surface area contributed by atoms with Crippen LogP contribution in [-0.2, 0) is 9.47 Å². The van der Waals surface area contributed by atoms with Crippen molar-refractivity contribution in [1.82, 2.24) is 4.90 Å². The molecular weight excluding hydrogens is 331 g/mol.